The third kappa shape index (κ3) is 9.46. The van der Waals surface area contributed by atoms with Crippen LogP contribution >= 0.6 is 0 Å². The molecule has 0 saturated carbocycles. The Balaban J connectivity index is 0.915. The molecule has 0 atom stereocenters. The monoisotopic (exact) mass is 1060 g/mol. The van der Waals surface area contributed by atoms with Crippen LogP contribution < -0.4 is 14.5 Å². The Kier molecular flexibility index (Phi) is 11.5. The SMILES string of the molecule is [2H]c1c([2H])c2c(c([2H])c1-c1cccc(-c3ccc(-c4ccccc4C(C)(C)C)cc3)c1N1CN(c3cccc(Oc4ccc5c6ccccc6n(-c6cc(C([2H])([2H])C(C)C)c(-c7ccccc7)cn6)c5c4)c3)c3ccccc31)C(C)(C)CCC2(C)C. The van der Waals surface area contributed by atoms with Crippen LogP contribution in [0.5, 0.6) is 11.5 Å². The van der Waals surface area contributed by atoms with Gasteiger partial charge in [0.2, 0.25) is 0 Å². The summed E-state index contributed by atoms with van der Waals surface area (Å²) in [5.74, 6) is 1.60. The second-order valence-corrected chi connectivity index (χ2v) is 24.7. The normalized spacial score (nSPS) is 15.7. The van der Waals surface area contributed by atoms with E-state index in [1.54, 1.807) is 0 Å². The van der Waals surface area contributed by atoms with Crippen LogP contribution in [0.4, 0.5) is 22.7 Å². The molecule has 0 unspecified atom stereocenters. The van der Waals surface area contributed by atoms with Gasteiger partial charge in [0.1, 0.15) is 24.0 Å². The fourth-order valence-corrected chi connectivity index (χ4v) is 12.5. The van der Waals surface area contributed by atoms with Gasteiger partial charge >= 0.3 is 0 Å². The Labute approximate surface area is 486 Å². The Morgan fingerprint density at radius 2 is 1.16 bits per heavy atom. The highest BCUT2D eigenvalue weighted by Crippen LogP contribution is 2.53. The van der Waals surface area contributed by atoms with Crippen LogP contribution in [0.3, 0.4) is 0 Å². The summed E-state index contributed by atoms with van der Waals surface area (Å²) in [6.45, 7) is 19.7. The van der Waals surface area contributed by atoms with Crippen molar-refractivity contribution in [3.63, 3.8) is 0 Å². The number of rotatable bonds is 11. The van der Waals surface area contributed by atoms with Crippen molar-refractivity contribution in [1.82, 2.24) is 9.55 Å². The zero-order valence-corrected chi connectivity index (χ0v) is 47.9. The van der Waals surface area contributed by atoms with E-state index in [0.29, 0.717) is 41.2 Å². The van der Waals surface area contributed by atoms with E-state index in [9.17, 15) is 6.85 Å². The predicted molar refractivity (Wildman–Crippen MR) is 341 cm³/mol. The van der Waals surface area contributed by atoms with Crippen LogP contribution in [-0.2, 0) is 22.6 Å². The number of ether oxygens (including phenoxy) is 1. The van der Waals surface area contributed by atoms with Crippen LogP contribution in [0.2, 0.25) is 0 Å². The number of nitrogens with zero attached hydrogens (tertiary/aromatic N) is 4. The molecule has 0 N–H and O–H groups in total. The summed E-state index contributed by atoms with van der Waals surface area (Å²) >= 11 is 0. The van der Waals surface area contributed by atoms with Gasteiger partial charge < -0.3 is 14.5 Å². The molecule has 0 fully saturated rings. The molecule has 3 heterocycles. The van der Waals surface area contributed by atoms with Gasteiger partial charge in [-0.2, -0.15) is 0 Å². The first kappa shape index (κ1) is 46.1. The van der Waals surface area contributed by atoms with Gasteiger partial charge in [0, 0.05) is 54.2 Å². The number of benzene rings is 9. The van der Waals surface area contributed by atoms with Gasteiger partial charge in [0.15, 0.2) is 0 Å². The molecule has 0 spiro atoms. The lowest BCUT2D eigenvalue weighted by atomic mass is 9.63. The van der Waals surface area contributed by atoms with E-state index in [0.717, 1.165) is 102 Å². The van der Waals surface area contributed by atoms with Crippen molar-refractivity contribution < 1.29 is 11.6 Å². The molecule has 81 heavy (non-hydrogen) atoms. The number of hydrogen-bond donors (Lipinski definition) is 0. The standard InChI is InChI=1S/C76H72N4O/c1-50(2)43-55-45-72(77-48-64(55)51-21-11-10-12-22-51)80-68-30-16-14-26-62(68)63-39-38-58(47-71(63)80)81-57-24-19-23-56(46-57)78-49-79(70-32-18-17-31-69(70)78)73-60(53-35-33-52(34-36-53)59-25-13-15-29-65(59)74(3,4)5)27-20-28-61(73)54-37-40-66-67(44-54)76(8,9)42-41-75(66,6)7/h10-40,44-48,50H,41-43,49H2,1-9H3/i37D,40D,43D2,44D. The molecule has 0 radical (unpaired) electrons. The topological polar surface area (TPSA) is 33.5 Å². The molecule has 13 rings (SSSR count). The van der Waals surface area contributed by atoms with Gasteiger partial charge in [-0.1, -0.05) is 214 Å². The summed E-state index contributed by atoms with van der Waals surface area (Å²) in [6, 6.07) is 67.3. The number of aromatic nitrogens is 2. The molecule has 5 nitrogen and oxygen atoms in total. The van der Waals surface area contributed by atoms with Gasteiger partial charge in [-0.05, 0) is 140 Å². The van der Waals surface area contributed by atoms with Crippen molar-refractivity contribution in [2.24, 2.45) is 5.92 Å². The summed E-state index contributed by atoms with van der Waals surface area (Å²) in [6.07, 6.45) is 1.93. The van der Waals surface area contributed by atoms with Crippen molar-refractivity contribution in [3.8, 4) is 61.8 Å². The molecule has 2 aliphatic rings. The molecule has 11 aromatic rings. The minimum absolute atomic E-state index is 0.0548. The minimum atomic E-state index is -1.65. The Morgan fingerprint density at radius 3 is 1.91 bits per heavy atom. The van der Waals surface area contributed by atoms with Gasteiger partial charge in [0.25, 0.3) is 0 Å². The van der Waals surface area contributed by atoms with Gasteiger partial charge in [-0.25, -0.2) is 4.98 Å². The number of fused-ring (bicyclic) bond motifs is 5. The summed E-state index contributed by atoms with van der Waals surface area (Å²) < 4.78 is 57.8. The Hall–Kier alpha value is -8.67. The van der Waals surface area contributed by atoms with Gasteiger partial charge in [-0.15, -0.1) is 0 Å². The quantitative estimate of drug-likeness (QED) is 0.129. The zero-order chi connectivity index (χ0) is 60.2. The lowest BCUT2D eigenvalue weighted by molar-refractivity contribution is 0.332. The average molecular weight is 1060 g/mol. The van der Waals surface area contributed by atoms with E-state index in [1.165, 1.54) is 11.1 Å². The molecule has 1 aliphatic heterocycles. The van der Waals surface area contributed by atoms with Crippen molar-refractivity contribution in [2.75, 3.05) is 16.5 Å². The van der Waals surface area contributed by atoms with E-state index in [1.807, 2.05) is 92.8 Å². The Morgan fingerprint density at radius 1 is 0.556 bits per heavy atom. The molecule has 0 saturated heterocycles. The van der Waals surface area contributed by atoms with Crippen LogP contribution in [0.1, 0.15) is 104 Å². The number of para-hydroxylation sites is 4. The maximum atomic E-state index is 10.2. The van der Waals surface area contributed by atoms with E-state index < -0.39 is 6.37 Å². The fourth-order valence-electron chi connectivity index (χ4n) is 12.5. The summed E-state index contributed by atoms with van der Waals surface area (Å²) in [4.78, 5) is 9.71. The van der Waals surface area contributed by atoms with Crippen molar-refractivity contribution >= 4 is 44.6 Å². The molecular weight excluding hydrogens is 985 g/mol. The maximum absolute atomic E-state index is 10.2. The second kappa shape index (κ2) is 20.1. The highest BCUT2D eigenvalue weighted by atomic mass is 16.5. The third-order valence-electron chi connectivity index (χ3n) is 16.8. The lowest BCUT2D eigenvalue weighted by Gasteiger charge is -2.42. The Bertz CT molecular complexity index is 4460. The maximum Gasteiger partial charge on any atom is 0.137 e. The highest BCUT2D eigenvalue weighted by molar-refractivity contribution is 6.09. The zero-order valence-electron chi connectivity index (χ0n) is 52.9. The smallest absolute Gasteiger partial charge is 0.137 e. The van der Waals surface area contributed by atoms with E-state index >= 15 is 0 Å². The summed E-state index contributed by atoms with van der Waals surface area (Å²) in [7, 11) is 0. The molecule has 1 aliphatic carbocycles. The second-order valence-electron chi connectivity index (χ2n) is 24.7. The van der Waals surface area contributed by atoms with Gasteiger partial charge in [-0.3, -0.25) is 4.57 Å². The van der Waals surface area contributed by atoms with Crippen molar-refractivity contribution in [3.05, 3.63) is 241 Å². The van der Waals surface area contributed by atoms with Crippen LogP contribution in [0.15, 0.2) is 218 Å². The van der Waals surface area contributed by atoms with Gasteiger partial charge in [0.05, 0.1) is 32.2 Å². The van der Waals surface area contributed by atoms with Crippen LogP contribution in [0, 0.1) is 5.92 Å². The molecule has 402 valence electrons. The summed E-state index contributed by atoms with van der Waals surface area (Å²) in [5, 5.41) is 2.08. The van der Waals surface area contributed by atoms with Crippen molar-refractivity contribution in [1.29, 1.82) is 0 Å². The first-order valence-corrected chi connectivity index (χ1v) is 28.6. The van der Waals surface area contributed by atoms with E-state index in [2.05, 4.69) is 184 Å². The minimum Gasteiger partial charge on any atom is -0.457 e. The fraction of sp³-hybridized carbons (Fsp3) is 0.224. The molecular formula is C76H72N4O. The third-order valence-corrected chi connectivity index (χ3v) is 16.8. The first-order valence-electron chi connectivity index (χ1n) is 31.1. The highest BCUT2D eigenvalue weighted by Gasteiger charge is 2.38. The van der Waals surface area contributed by atoms with Crippen LogP contribution in [0.25, 0.3) is 72.1 Å². The molecule has 9 aromatic carbocycles. The number of pyridine rings is 1. The van der Waals surface area contributed by atoms with Crippen LogP contribution in [-0.4, -0.2) is 16.2 Å². The molecule has 5 heteroatoms. The largest absolute Gasteiger partial charge is 0.457 e. The predicted octanol–water partition coefficient (Wildman–Crippen LogP) is 20.7. The first-order chi connectivity index (χ1) is 41.1. The van der Waals surface area contributed by atoms with E-state index in [4.69, 9.17) is 9.72 Å². The van der Waals surface area contributed by atoms with Crippen molar-refractivity contribution in [2.45, 2.75) is 97.8 Å². The summed E-state index contributed by atoms with van der Waals surface area (Å²) in [5.41, 5.74) is 15.6. The number of hydrogen-bond acceptors (Lipinski definition) is 4. The molecule has 2 aromatic heterocycles. The molecule has 0 amide bonds. The lowest BCUT2D eigenvalue weighted by Crippen LogP contribution is -2.33. The average Bonchev–Trinajstić information content (AvgIpc) is 1.42. The molecule has 0 bridgehead atoms. The van der Waals surface area contributed by atoms with E-state index in [-0.39, 0.29) is 34.2 Å². The number of anilines is 4.